The summed E-state index contributed by atoms with van der Waals surface area (Å²) in [5.74, 6) is 0.743. The van der Waals surface area contributed by atoms with Crippen LogP contribution in [0.4, 0.5) is 0 Å². The minimum Gasteiger partial charge on any atom is -0.228 e. The van der Waals surface area contributed by atoms with Gasteiger partial charge in [-0.25, -0.2) is 9.97 Å². The summed E-state index contributed by atoms with van der Waals surface area (Å²) in [5.41, 5.74) is 5.09. The van der Waals surface area contributed by atoms with E-state index in [9.17, 15) is 0 Å². The van der Waals surface area contributed by atoms with Gasteiger partial charge in [-0.1, -0.05) is 84.9 Å². The van der Waals surface area contributed by atoms with Crippen LogP contribution < -0.4 is 0 Å². The van der Waals surface area contributed by atoms with Gasteiger partial charge >= 0.3 is 0 Å². The molecule has 0 bridgehead atoms. The third-order valence-electron chi connectivity index (χ3n) is 4.94. The highest BCUT2D eigenvalue weighted by Crippen LogP contribution is 2.31. The van der Waals surface area contributed by atoms with Gasteiger partial charge in [0.25, 0.3) is 0 Å². The summed E-state index contributed by atoms with van der Waals surface area (Å²) in [7, 11) is 0. The molecular weight excluding hydrogens is 467 g/mol. The van der Waals surface area contributed by atoms with Crippen molar-refractivity contribution in [2.75, 3.05) is 0 Å². The van der Waals surface area contributed by atoms with Crippen molar-refractivity contribution in [2.45, 2.75) is 0 Å². The van der Waals surface area contributed by atoms with Crippen molar-refractivity contribution >= 4 is 33.4 Å². The number of hydrogen-bond acceptors (Lipinski definition) is 2. The third kappa shape index (κ3) is 3.66. The fourth-order valence-electron chi connectivity index (χ4n) is 3.55. The zero-order valence-corrected chi connectivity index (χ0v) is 17.7. The molecular formula is C26H17IN2. The number of hydrogen-bond donors (Lipinski definition) is 0. The predicted molar refractivity (Wildman–Crippen MR) is 129 cm³/mol. The molecule has 29 heavy (non-hydrogen) atoms. The number of rotatable bonds is 3. The van der Waals surface area contributed by atoms with Crippen LogP contribution in [0.15, 0.2) is 103 Å². The van der Waals surface area contributed by atoms with E-state index in [1.807, 2.05) is 24.3 Å². The van der Waals surface area contributed by atoms with E-state index in [-0.39, 0.29) is 0 Å². The first-order chi connectivity index (χ1) is 14.3. The summed E-state index contributed by atoms with van der Waals surface area (Å²) in [6, 6.07) is 35.5. The molecule has 0 aliphatic carbocycles. The second kappa shape index (κ2) is 7.76. The smallest absolute Gasteiger partial charge is 0.160 e. The molecule has 0 radical (unpaired) electrons. The molecule has 5 rings (SSSR count). The lowest BCUT2D eigenvalue weighted by molar-refractivity contribution is 1.18. The van der Waals surface area contributed by atoms with E-state index < -0.39 is 0 Å². The Labute approximate surface area is 183 Å². The second-order valence-corrected chi connectivity index (χ2v) is 8.11. The SMILES string of the molecule is Ic1cccc(-c2nc(-c3ccccc3)cc(-c3cccc4ccccc34)n2)c1. The Morgan fingerprint density at radius 1 is 0.552 bits per heavy atom. The molecule has 3 heteroatoms. The van der Waals surface area contributed by atoms with Crippen LogP contribution in [-0.2, 0) is 0 Å². The first kappa shape index (κ1) is 18.0. The van der Waals surface area contributed by atoms with E-state index in [2.05, 4.69) is 101 Å². The topological polar surface area (TPSA) is 25.8 Å². The van der Waals surface area contributed by atoms with E-state index in [1.165, 1.54) is 14.3 Å². The van der Waals surface area contributed by atoms with Crippen molar-refractivity contribution in [3.63, 3.8) is 0 Å². The summed E-state index contributed by atoms with van der Waals surface area (Å²) in [5, 5.41) is 2.40. The highest BCUT2D eigenvalue weighted by Gasteiger charge is 2.12. The van der Waals surface area contributed by atoms with Crippen LogP contribution in [0, 0.1) is 3.57 Å². The predicted octanol–water partition coefficient (Wildman–Crippen LogP) is 7.24. The summed E-state index contributed by atoms with van der Waals surface area (Å²) >= 11 is 2.33. The summed E-state index contributed by atoms with van der Waals surface area (Å²) in [4.78, 5) is 9.88. The van der Waals surface area contributed by atoms with Gasteiger partial charge in [-0.3, -0.25) is 0 Å². The number of aromatic nitrogens is 2. The standard InChI is InChI=1S/C26H17IN2/c27-21-13-6-12-20(16-21)26-28-24(19-9-2-1-3-10-19)17-25(29-26)23-15-7-11-18-8-4-5-14-22(18)23/h1-17H. The normalized spacial score (nSPS) is 10.9. The number of fused-ring (bicyclic) bond motifs is 1. The average molecular weight is 484 g/mol. The molecule has 0 aliphatic rings. The molecule has 0 N–H and O–H groups in total. The minimum atomic E-state index is 0.743. The van der Waals surface area contributed by atoms with E-state index in [1.54, 1.807) is 0 Å². The first-order valence-electron chi connectivity index (χ1n) is 9.46. The zero-order chi connectivity index (χ0) is 19.6. The van der Waals surface area contributed by atoms with Crippen molar-refractivity contribution in [3.05, 3.63) is 107 Å². The largest absolute Gasteiger partial charge is 0.228 e. The van der Waals surface area contributed by atoms with Gasteiger partial charge in [-0.05, 0) is 51.6 Å². The summed E-state index contributed by atoms with van der Waals surface area (Å²) < 4.78 is 1.17. The number of nitrogens with zero attached hydrogens (tertiary/aromatic N) is 2. The maximum atomic E-state index is 4.98. The third-order valence-corrected chi connectivity index (χ3v) is 5.62. The number of benzene rings is 4. The van der Waals surface area contributed by atoms with Crippen LogP contribution in [-0.4, -0.2) is 9.97 Å². The number of halogens is 1. The maximum absolute atomic E-state index is 4.98. The average Bonchev–Trinajstić information content (AvgIpc) is 2.79. The van der Waals surface area contributed by atoms with Gasteiger partial charge in [0.1, 0.15) is 0 Å². The van der Waals surface area contributed by atoms with Gasteiger partial charge in [-0.2, -0.15) is 0 Å². The van der Waals surface area contributed by atoms with Crippen molar-refractivity contribution in [1.82, 2.24) is 9.97 Å². The Kier molecular flexibility index (Phi) is 4.82. The van der Waals surface area contributed by atoms with Crippen LogP contribution in [0.25, 0.3) is 44.7 Å². The monoisotopic (exact) mass is 484 g/mol. The van der Waals surface area contributed by atoms with Crippen LogP contribution in [0.5, 0.6) is 0 Å². The van der Waals surface area contributed by atoms with E-state index >= 15 is 0 Å². The molecule has 138 valence electrons. The lowest BCUT2D eigenvalue weighted by atomic mass is 10.0. The molecule has 0 amide bonds. The lowest BCUT2D eigenvalue weighted by Gasteiger charge is -2.11. The molecule has 0 spiro atoms. The van der Waals surface area contributed by atoms with Gasteiger partial charge in [-0.15, -0.1) is 0 Å². The Bertz CT molecular complexity index is 1310. The highest BCUT2D eigenvalue weighted by molar-refractivity contribution is 14.1. The van der Waals surface area contributed by atoms with Crippen LogP contribution in [0.2, 0.25) is 0 Å². The van der Waals surface area contributed by atoms with Gasteiger partial charge in [0, 0.05) is 20.3 Å². The van der Waals surface area contributed by atoms with Gasteiger partial charge < -0.3 is 0 Å². The molecule has 2 nitrogen and oxygen atoms in total. The zero-order valence-electron chi connectivity index (χ0n) is 15.6. The first-order valence-corrected chi connectivity index (χ1v) is 10.5. The van der Waals surface area contributed by atoms with Crippen LogP contribution >= 0.6 is 22.6 Å². The molecule has 0 saturated heterocycles. The molecule has 0 aliphatic heterocycles. The Hall–Kier alpha value is -3.05. The Morgan fingerprint density at radius 3 is 2.10 bits per heavy atom. The molecule has 0 unspecified atom stereocenters. The van der Waals surface area contributed by atoms with Crippen molar-refractivity contribution < 1.29 is 0 Å². The van der Waals surface area contributed by atoms with E-state index in [4.69, 9.17) is 9.97 Å². The van der Waals surface area contributed by atoms with Crippen LogP contribution in [0.3, 0.4) is 0 Å². The van der Waals surface area contributed by atoms with E-state index in [0.717, 1.165) is 33.9 Å². The van der Waals surface area contributed by atoms with E-state index in [0.29, 0.717) is 0 Å². The van der Waals surface area contributed by atoms with Crippen LogP contribution in [0.1, 0.15) is 0 Å². The highest BCUT2D eigenvalue weighted by atomic mass is 127. The molecule has 0 saturated carbocycles. The molecule has 1 heterocycles. The summed E-state index contributed by atoms with van der Waals surface area (Å²) in [6.07, 6.45) is 0. The van der Waals surface area contributed by atoms with Crippen molar-refractivity contribution in [3.8, 4) is 33.9 Å². The molecule has 4 aromatic carbocycles. The maximum Gasteiger partial charge on any atom is 0.160 e. The van der Waals surface area contributed by atoms with Crippen molar-refractivity contribution in [1.29, 1.82) is 0 Å². The minimum absolute atomic E-state index is 0.743. The second-order valence-electron chi connectivity index (χ2n) is 6.87. The summed E-state index contributed by atoms with van der Waals surface area (Å²) in [6.45, 7) is 0. The van der Waals surface area contributed by atoms with Gasteiger partial charge in [0.05, 0.1) is 11.4 Å². The molecule has 0 fully saturated rings. The molecule has 1 aromatic heterocycles. The van der Waals surface area contributed by atoms with Crippen molar-refractivity contribution in [2.24, 2.45) is 0 Å². The van der Waals surface area contributed by atoms with Gasteiger partial charge in [0.15, 0.2) is 5.82 Å². The Balaban J connectivity index is 1.78. The van der Waals surface area contributed by atoms with Gasteiger partial charge in [0.2, 0.25) is 0 Å². The molecule has 0 atom stereocenters. The fourth-order valence-corrected chi connectivity index (χ4v) is 4.09. The Morgan fingerprint density at radius 2 is 1.24 bits per heavy atom. The molecule has 5 aromatic rings. The quantitative estimate of drug-likeness (QED) is 0.253. The lowest BCUT2D eigenvalue weighted by Crippen LogP contribution is -1.96. The fraction of sp³-hybridized carbons (Fsp3) is 0.